The number of para-hydroxylation sites is 1. The number of hydrogen-bond donors (Lipinski definition) is 3. The number of phenols is 3. The molecule has 0 amide bonds. The van der Waals surface area contributed by atoms with E-state index in [1.807, 2.05) is 0 Å². The SMILES string of the molecule is COc1ccccc1CC(=O)c1cc(O)c(O)c(O)c1. The second-order valence-electron chi connectivity index (χ2n) is 4.27. The summed E-state index contributed by atoms with van der Waals surface area (Å²) in [6.07, 6.45) is 0.0632. The van der Waals surface area contributed by atoms with Crippen LogP contribution < -0.4 is 4.74 Å². The van der Waals surface area contributed by atoms with Crippen LogP contribution in [0.2, 0.25) is 0 Å². The Morgan fingerprint density at radius 1 is 1.10 bits per heavy atom. The van der Waals surface area contributed by atoms with E-state index in [1.54, 1.807) is 24.3 Å². The molecular formula is C15H14O5. The summed E-state index contributed by atoms with van der Waals surface area (Å²) in [4.78, 5) is 12.1. The highest BCUT2D eigenvalue weighted by atomic mass is 16.5. The van der Waals surface area contributed by atoms with Gasteiger partial charge < -0.3 is 20.1 Å². The van der Waals surface area contributed by atoms with Crippen LogP contribution in [0.5, 0.6) is 23.0 Å². The van der Waals surface area contributed by atoms with Gasteiger partial charge in [-0.05, 0) is 18.2 Å². The van der Waals surface area contributed by atoms with Crippen molar-refractivity contribution in [2.75, 3.05) is 7.11 Å². The van der Waals surface area contributed by atoms with Gasteiger partial charge in [0.2, 0.25) is 0 Å². The number of aromatic hydroxyl groups is 3. The molecule has 5 heteroatoms. The third-order valence-electron chi connectivity index (χ3n) is 2.94. The third-order valence-corrected chi connectivity index (χ3v) is 2.94. The summed E-state index contributed by atoms with van der Waals surface area (Å²) in [5, 5.41) is 28.1. The average Bonchev–Trinajstić information content (AvgIpc) is 2.44. The zero-order valence-electron chi connectivity index (χ0n) is 10.8. The van der Waals surface area contributed by atoms with Crippen molar-refractivity contribution in [2.24, 2.45) is 0 Å². The lowest BCUT2D eigenvalue weighted by Crippen LogP contribution is -2.05. The van der Waals surface area contributed by atoms with Crippen LogP contribution in [-0.2, 0) is 6.42 Å². The minimum Gasteiger partial charge on any atom is -0.504 e. The molecule has 20 heavy (non-hydrogen) atoms. The van der Waals surface area contributed by atoms with Crippen molar-refractivity contribution in [3.05, 3.63) is 47.5 Å². The molecule has 0 saturated heterocycles. The van der Waals surface area contributed by atoms with Crippen molar-refractivity contribution in [1.29, 1.82) is 0 Å². The topological polar surface area (TPSA) is 87.0 Å². The van der Waals surface area contributed by atoms with Crippen LogP contribution >= 0.6 is 0 Å². The highest BCUT2D eigenvalue weighted by molar-refractivity contribution is 5.98. The predicted octanol–water partition coefficient (Wildman–Crippen LogP) is 2.24. The molecule has 2 aromatic rings. The van der Waals surface area contributed by atoms with Crippen molar-refractivity contribution >= 4 is 5.78 Å². The lowest BCUT2D eigenvalue weighted by Gasteiger charge is -2.08. The molecule has 0 aliphatic rings. The summed E-state index contributed by atoms with van der Waals surface area (Å²) >= 11 is 0. The number of carbonyl (C=O) groups excluding carboxylic acids is 1. The Morgan fingerprint density at radius 2 is 1.70 bits per heavy atom. The molecule has 3 N–H and O–H groups in total. The molecule has 0 unspecified atom stereocenters. The van der Waals surface area contributed by atoms with E-state index >= 15 is 0 Å². The number of rotatable bonds is 4. The Morgan fingerprint density at radius 3 is 2.30 bits per heavy atom. The Hall–Kier alpha value is -2.69. The summed E-state index contributed by atoms with van der Waals surface area (Å²) in [6, 6.07) is 9.33. The van der Waals surface area contributed by atoms with Crippen molar-refractivity contribution in [1.82, 2.24) is 0 Å². The fourth-order valence-electron chi connectivity index (χ4n) is 1.89. The standard InChI is InChI=1S/C15H14O5/c1-20-14-5-3-2-4-9(14)6-11(16)10-7-12(17)15(19)13(18)8-10/h2-5,7-8,17-19H,6H2,1H3. The Labute approximate surface area is 115 Å². The van der Waals surface area contributed by atoms with Gasteiger partial charge in [-0.1, -0.05) is 18.2 Å². The van der Waals surface area contributed by atoms with Gasteiger partial charge in [0.15, 0.2) is 23.0 Å². The minimum atomic E-state index is -0.640. The molecule has 0 fully saturated rings. The molecule has 5 nitrogen and oxygen atoms in total. The van der Waals surface area contributed by atoms with E-state index in [1.165, 1.54) is 7.11 Å². The van der Waals surface area contributed by atoms with E-state index in [4.69, 9.17) is 4.74 Å². The van der Waals surface area contributed by atoms with Crippen molar-refractivity contribution in [2.45, 2.75) is 6.42 Å². The first-order valence-electron chi connectivity index (χ1n) is 5.93. The first kappa shape index (κ1) is 13.7. The van der Waals surface area contributed by atoms with E-state index in [0.29, 0.717) is 11.3 Å². The van der Waals surface area contributed by atoms with E-state index in [0.717, 1.165) is 12.1 Å². The van der Waals surface area contributed by atoms with Gasteiger partial charge in [0.1, 0.15) is 5.75 Å². The maximum Gasteiger partial charge on any atom is 0.200 e. The van der Waals surface area contributed by atoms with Crippen LogP contribution in [0.1, 0.15) is 15.9 Å². The molecule has 0 saturated carbocycles. The predicted molar refractivity (Wildman–Crippen MR) is 72.5 cm³/mol. The van der Waals surface area contributed by atoms with Crippen LogP contribution in [0.15, 0.2) is 36.4 Å². The number of methoxy groups -OCH3 is 1. The molecule has 0 atom stereocenters. The summed E-state index contributed by atoms with van der Waals surface area (Å²) in [5.41, 5.74) is 0.816. The fraction of sp³-hybridized carbons (Fsp3) is 0.133. The second-order valence-corrected chi connectivity index (χ2v) is 4.27. The highest BCUT2D eigenvalue weighted by Gasteiger charge is 2.15. The molecule has 0 bridgehead atoms. The van der Waals surface area contributed by atoms with E-state index in [2.05, 4.69) is 0 Å². The van der Waals surface area contributed by atoms with Crippen molar-refractivity contribution in [3.63, 3.8) is 0 Å². The lowest BCUT2D eigenvalue weighted by molar-refractivity contribution is 0.0991. The Balaban J connectivity index is 2.29. The largest absolute Gasteiger partial charge is 0.504 e. The van der Waals surface area contributed by atoms with E-state index in [-0.39, 0.29) is 17.8 Å². The molecule has 0 aliphatic carbocycles. The number of phenolic OH excluding ortho intramolecular Hbond substituents is 3. The summed E-state index contributed by atoms with van der Waals surface area (Å²) in [6.45, 7) is 0. The molecule has 0 aliphatic heterocycles. The van der Waals surface area contributed by atoms with Gasteiger partial charge in [0.05, 0.1) is 7.11 Å². The lowest BCUT2D eigenvalue weighted by atomic mass is 10.0. The smallest absolute Gasteiger partial charge is 0.200 e. The number of benzene rings is 2. The molecule has 104 valence electrons. The second kappa shape index (κ2) is 5.52. The average molecular weight is 274 g/mol. The summed E-state index contributed by atoms with van der Waals surface area (Å²) in [5.74, 6) is -1.42. The zero-order chi connectivity index (χ0) is 14.7. The van der Waals surface area contributed by atoms with Crippen LogP contribution in [0.4, 0.5) is 0 Å². The third kappa shape index (κ3) is 2.66. The van der Waals surface area contributed by atoms with E-state index in [9.17, 15) is 20.1 Å². The van der Waals surface area contributed by atoms with Gasteiger partial charge in [-0.25, -0.2) is 0 Å². The molecule has 2 rings (SSSR count). The van der Waals surface area contributed by atoms with Crippen molar-refractivity contribution in [3.8, 4) is 23.0 Å². The molecule has 0 heterocycles. The minimum absolute atomic E-state index is 0.0632. The normalized spacial score (nSPS) is 10.2. The Bertz CT molecular complexity index is 625. The number of hydrogen-bond acceptors (Lipinski definition) is 5. The highest BCUT2D eigenvalue weighted by Crippen LogP contribution is 2.35. The van der Waals surface area contributed by atoms with Gasteiger partial charge in [0.25, 0.3) is 0 Å². The van der Waals surface area contributed by atoms with E-state index < -0.39 is 17.2 Å². The number of ketones is 1. The quantitative estimate of drug-likeness (QED) is 0.588. The first-order chi connectivity index (χ1) is 9.52. The molecule has 0 radical (unpaired) electrons. The molecule has 0 spiro atoms. The number of carbonyl (C=O) groups is 1. The van der Waals surface area contributed by atoms with Gasteiger partial charge >= 0.3 is 0 Å². The van der Waals surface area contributed by atoms with Crippen LogP contribution in [-0.4, -0.2) is 28.2 Å². The molecule has 0 aromatic heterocycles. The number of ether oxygens (including phenoxy) is 1. The van der Waals surface area contributed by atoms with Gasteiger partial charge in [-0.2, -0.15) is 0 Å². The monoisotopic (exact) mass is 274 g/mol. The Kier molecular flexibility index (Phi) is 3.79. The maximum absolute atomic E-state index is 12.1. The zero-order valence-corrected chi connectivity index (χ0v) is 10.8. The van der Waals surface area contributed by atoms with Crippen LogP contribution in [0.25, 0.3) is 0 Å². The first-order valence-corrected chi connectivity index (χ1v) is 5.93. The van der Waals surface area contributed by atoms with Gasteiger partial charge in [0, 0.05) is 17.5 Å². The number of Topliss-reactive ketones (excluding diaryl/α,β-unsaturated/α-hetero) is 1. The van der Waals surface area contributed by atoms with Crippen molar-refractivity contribution < 1.29 is 24.9 Å². The van der Waals surface area contributed by atoms with Crippen LogP contribution in [0.3, 0.4) is 0 Å². The van der Waals surface area contributed by atoms with Gasteiger partial charge in [-0.3, -0.25) is 4.79 Å². The van der Waals surface area contributed by atoms with Crippen LogP contribution in [0, 0.1) is 0 Å². The summed E-state index contributed by atoms with van der Waals surface area (Å²) < 4.78 is 5.16. The fourth-order valence-corrected chi connectivity index (χ4v) is 1.89. The molecule has 2 aromatic carbocycles. The maximum atomic E-state index is 12.1. The van der Waals surface area contributed by atoms with Gasteiger partial charge in [-0.15, -0.1) is 0 Å². The molecular weight excluding hydrogens is 260 g/mol. The summed E-state index contributed by atoms with van der Waals surface area (Å²) in [7, 11) is 1.52.